The second-order valence-corrected chi connectivity index (χ2v) is 6.82. The largest absolute Gasteiger partial charge is 0.492 e. The molecular weight excluding hydrogens is 322 g/mol. The highest BCUT2D eigenvalue weighted by molar-refractivity contribution is 9.10. The van der Waals surface area contributed by atoms with Gasteiger partial charge in [0.15, 0.2) is 0 Å². The van der Waals surface area contributed by atoms with Gasteiger partial charge in [-0.2, -0.15) is 0 Å². The lowest BCUT2D eigenvalue weighted by Crippen LogP contribution is -2.37. The Labute approximate surface area is 127 Å². The molecule has 0 radical (unpaired) electrons. The first-order chi connectivity index (χ1) is 9.43. The maximum absolute atomic E-state index is 12.3. The molecule has 1 amide bonds. The van der Waals surface area contributed by atoms with Crippen LogP contribution in [0.3, 0.4) is 0 Å². The maximum Gasteiger partial charge on any atom is 0.231 e. The lowest BCUT2D eigenvalue weighted by Gasteiger charge is -2.24. The Balaban J connectivity index is 2.00. The number of nitrogens with one attached hydrogen (secondary N) is 1. The summed E-state index contributed by atoms with van der Waals surface area (Å²) in [7, 11) is 0. The molecule has 1 unspecified atom stereocenters. The Morgan fingerprint density at radius 1 is 1.55 bits per heavy atom. The normalized spacial score (nSPS) is 17.5. The van der Waals surface area contributed by atoms with Crippen LogP contribution < -0.4 is 10.1 Å². The van der Waals surface area contributed by atoms with Crippen LogP contribution in [0.25, 0.3) is 0 Å². The number of amides is 1. The molecule has 0 saturated heterocycles. The summed E-state index contributed by atoms with van der Waals surface area (Å²) in [6.45, 7) is 5.12. The third-order valence-corrected chi connectivity index (χ3v) is 4.09. The molecule has 1 aliphatic rings. The number of carbonyl (C=O) groups excluding carboxylic acids is 1. The van der Waals surface area contributed by atoms with E-state index in [4.69, 9.17) is 9.84 Å². The van der Waals surface area contributed by atoms with E-state index >= 15 is 0 Å². The number of fused-ring (bicyclic) bond motifs is 1. The van der Waals surface area contributed by atoms with Crippen molar-refractivity contribution in [2.45, 2.75) is 26.2 Å². The topological polar surface area (TPSA) is 58.6 Å². The lowest BCUT2D eigenvalue weighted by atomic mass is 9.89. The van der Waals surface area contributed by atoms with E-state index in [9.17, 15) is 4.79 Å². The van der Waals surface area contributed by atoms with Crippen LogP contribution in [0, 0.1) is 5.41 Å². The molecule has 1 aromatic rings. The number of ether oxygens (including phenoxy) is 1. The van der Waals surface area contributed by atoms with Crippen molar-refractivity contribution in [2.24, 2.45) is 5.41 Å². The van der Waals surface area contributed by atoms with Crippen LogP contribution in [0.1, 0.15) is 31.7 Å². The molecule has 0 bridgehead atoms. The first-order valence-corrected chi connectivity index (χ1v) is 7.53. The number of benzene rings is 1. The summed E-state index contributed by atoms with van der Waals surface area (Å²) in [6.07, 6.45) is 0.663. The fourth-order valence-corrected chi connectivity index (χ4v) is 2.62. The quantitative estimate of drug-likeness (QED) is 0.864. The zero-order valence-corrected chi connectivity index (χ0v) is 13.4. The molecular formula is C15H20BrNO3. The lowest BCUT2D eigenvalue weighted by molar-refractivity contribution is -0.123. The maximum atomic E-state index is 12.3. The second kappa shape index (κ2) is 6.14. The average Bonchev–Trinajstić information content (AvgIpc) is 2.79. The van der Waals surface area contributed by atoms with Crippen LogP contribution in [-0.2, 0) is 4.79 Å². The number of hydrogen-bond donors (Lipinski definition) is 2. The Hall–Kier alpha value is -1.07. The molecule has 2 rings (SSSR count). The van der Waals surface area contributed by atoms with Gasteiger partial charge in [0.05, 0.1) is 0 Å². The summed E-state index contributed by atoms with van der Waals surface area (Å²) in [5.41, 5.74) is 0.820. The first kappa shape index (κ1) is 15.3. The predicted octanol–water partition coefficient (Wildman–Crippen LogP) is 2.45. The minimum absolute atomic E-state index is 0.0205. The number of halogens is 1. The van der Waals surface area contributed by atoms with Crippen LogP contribution >= 0.6 is 15.9 Å². The van der Waals surface area contributed by atoms with Crippen LogP contribution in [0.2, 0.25) is 0 Å². The van der Waals surface area contributed by atoms with Gasteiger partial charge in [0.25, 0.3) is 0 Å². The molecule has 0 aliphatic carbocycles. The molecule has 0 fully saturated rings. The third-order valence-electron chi connectivity index (χ3n) is 3.60. The van der Waals surface area contributed by atoms with Gasteiger partial charge in [-0.1, -0.05) is 29.8 Å². The number of carbonyl (C=O) groups is 1. The van der Waals surface area contributed by atoms with E-state index in [1.54, 1.807) is 0 Å². The highest BCUT2D eigenvalue weighted by atomic mass is 79.9. The second-order valence-electron chi connectivity index (χ2n) is 5.90. The highest BCUT2D eigenvalue weighted by Gasteiger charge is 2.31. The van der Waals surface area contributed by atoms with Gasteiger partial charge in [-0.25, -0.2) is 0 Å². The summed E-state index contributed by atoms with van der Waals surface area (Å²) in [6, 6.07) is 5.72. The number of aliphatic hydroxyl groups is 1. The van der Waals surface area contributed by atoms with Gasteiger partial charge in [-0.3, -0.25) is 4.79 Å². The Bertz CT molecular complexity index is 502. The first-order valence-electron chi connectivity index (χ1n) is 6.74. The van der Waals surface area contributed by atoms with Gasteiger partial charge in [0.2, 0.25) is 5.91 Å². The number of rotatable bonds is 5. The summed E-state index contributed by atoms with van der Waals surface area (Å²) in [5.74, 6) is 0.503. The molecule has 1 heterocycles. The Kier molecular flexibility index (Phi) is 4.70. The summed E-state index contributed by atoms with van der Waals surface area (Å²) in [4.78, 5) is 12.3. The van der Waals surface area contributed by atoms with Crippen molar-refractivity contribution in [1.29, 1.82) is 0 Å². The van der Waals surface area contributed by atoms with Crippen LogP contribution in [0.15, 0.2) is 22.7 Å². The summed E-state index contributed by atoms with van der Waals surface area (Å²) in [5, 5.41) is 12.0. The molecule has 5 heteroatoms. The van der Waals surface area contributed by atoms with E-state index in [2.05, 4.69) is 21.2 Å². The molecule has 0 saturated carbocycles. The summed E-state index contributed by atoms with van der Waals surface area (Å²) >= 11 is 3.42. The van der Waals surface area contributed by atoms with Crippen LogP contribution in [0.5, 0.6) is 5.75 Å². The van der Waals surface area contributed by atoms with E-state index in [0.717, 1.165) is 15.8 Å². The molecule has 1 atom stereocenters. The number of aliphatic hydroxyl groups excluding tert-OH is 1. The van der Waals surface area contributed by atoms with Crippen molar-refractivity contribution >= 4 is 21.8 Å². The molecule has 110 valence electrons. The monoisotopic (exact) mass is 341 g/mol. The molecule has 0 spiro atoms. The fourth-order valence-electron chi connectivity index (χ4n) is 2.24. The van der Waals surface area contributed by atoms with E-state index in [-0.39, 0.29) is 23.8 Å². The van der Waals surface area contributed by atoms with Gasteiger partial charge in [0.1, 0.15) is 18.3 Å². The van der Waals surface area contributed by atoms with E-state index in [0.29, 0.717) is 19.6 Å². The van der Waals surface area contributed by atoms with Crippen LogP contribution in [-0.4, -0.2) is 30.8 Å². The van der Waals surface area contributed by atoms with Gasteiger partial charge in [-0.05, 0) is 30.0 Å². The highest BCUT2D eigenvalue weighted by Crippen LogP contribution is 2.36. The minimum Gasteiger partial charge on any atom is -0.492 e. The molecule has 1 aromatic carbocycles. The van der Waals surface area contributed by atoms with Crippen molar-refractivity contribution in [3.63, 3.8) is 0 Å². The van der Waals surface area contributed by atoms with Crippen molar-refractivity contribution in [2.75, 3.05) is 19.8 Å². The minimum atomic E-state index is -0.257. The number of hydrogen-bond acceptors (Lipinski definition) is 3. The third kappa shape index (κ3) is 3.52. The Morgan fingerprint density at radius 3 is 3.00 bits per heavy atom. The molecule has 20 heavy (non-hydrogen) atoms. The van der Waals surface area contributed by atoms with Crippen molar-refractivity contribution in [3.05, 3.63) is 28.2 Å². The standard InChI is InChI=1S/C15H20BrNO3/c1-15(2,5-6-18)9-17-14(19)12-8-20-13-4-3-10(16)7-11(12)13/h3-4,7,12,18H,5-6,8-9H2,1-2H3,(H,17,19). The molecule has 1 aliphatic heterocycles. The van der Waals surface area contributed by atoms with Crippen LogP contribution in [0.4, 0.5) is 0 Å². The smallest absolute Gasteiger partial charge is 0.231 e. The molecule has 0 aromatic heterocycles. The van der Waals surface area contributed by atoms with Crippen molar-refractivity contribution < 1.29 is 14.6 Å². The van der Waals surface area contributed by atoms with Gasteiger partial charge >= 0.3 is 0 Å². The molecule has 2 N–H and O–H groups in total. The van der Waals surface area contributed by atoms with Gasteiger partial charge < -0.3 is 15.2 Å². The fraction of sp³-hybridized carbons (Fsp3) is 0.533. The zero-order chi connectivity index (χ0) is 14.8. The van der Waals surface area contributed by atoms with E-state index in [1.165, 1.54) is 0 Å². The SMILES string of the molecule is CC(C)(CCO)CNC(=O)C1COc2ccc(Br)cc21. The predicted molar refractivity (Wildman–Crippen MR) is 80.9 cm³/mol. The van der Waals surface area contributed by atoms with Crippen molar-refractivity contribution in [1.82, 2.24) is 5.32 Å². The summed E-state index contributed by atoms with van der Waals surface area (Å²) < 4.78 is 6.49. The van der Waals surface area contributed by atoms with Crippen molar-refractivity contribution in [3.8, 4) is 5.75 Å². The Morgan fingerprint density at radius 2 is 2.30 bits per heavy atom. The average molecular weight is 342 g/mol. The van der Waals surface area contributed by atoms with E-state index < -0.39 is 0 Å². The van der Waals surface area contributed by atoms with Gasteiger partial charge in [0, 0.05) is 23.2 Å². The van der Waals surface area contributed by atoms with E-state index in [1.807, 2.05) is 32.0 Å². The van der Waals surface area contributed by atoms with Gasteiger partial charge in [-0.15, -0.1) is 0 Å². The molecule has 4 nitrogen and oxygen atoms in total. The zero-order valence-electron chi connectivity index (χ0n) is 11.8.